The number of rotatable bonds is 3. The third kappa shape index (κ3) is 2.85. The maximum Gasteiger partial charge on any atom is 0.257 e. The van der Waals surface area contributed by atoms with Crippen molar-refractivity contribution in [3.63, 3.8) is 0 Å². The van der Waals surface area contributed by atoms with Crippen LogP contribution in [0.3, 0.4) is 0 Å². The van der Waals surface area contributed by atoms with Crippen molar-refractivity contribution in [2.75, 3.05) is 18.2 Å². The number of hydrogen-bond acceptors (Lipinski definition) is 4. The lowest BCUT2D eigenvalue weighted by molar-refractivity contribution is 0.102. The van der Waals surface area contributed by atoms with Gasteiger partial charge in [0.15, 0.2) is 5.75 Å². The number of amides is 1. The molecule has 2 aromatic rings. The predicted octanol–water partition coefficient (Wildman–Crippen LogP) is 3.00. The molecule has 6 heteroatoms. The number of anilines is 2. The highest BCUT2D eigenvalue weighted by atomic mass is 79.9. The average Bonchev–Trinajstić information content (AvgIpc) is 2.43. The Hall–Kier alpha value is -2.21. The number of phenols is 1. The second-order valence-electron chi connectivity index (χ2n) is 4.04. The molecule has 0 unspecified atom stereocenters. The third-order valence-corrected chi connectivity index (χ3v) is 3.38. The molecule has 0 atom stereocenters. The van der Waals surface area contributed by atoms with Gasteiger partial charge in [-0.1, -0.05) is 6.07 Å². The van der Waals surface area contributed by atoms with Crippen LogP contribution in [0.15, 0.2) is 40.9 Å². The summed E-state index contributed by atoms with van der Waals surface area (Å²) < 4.78 is 5.52. The van der Waals surface area contributed by atoms with Gasteiger partial charge in [-0.2, -0.15) is 0 Å². The summed E-state index contributed by atoms with van der Waals surface area (Å²) in [6, 6.07) is 9.75. The van der Waals surface area contributed by atoms with Crippen LogP contribution in [0.2, 0.25) is 0 Å². The zero-order valence-corrected chi connectivity index (χ0v) is 12.3. The Morgan fingerprint density at radius 3 is 2.75 bits per heavy atom. The van der Waals surface area contributed by atoms with Crippen molar-refractivity contribution in [3.8, 4) is 11.5 Å². The number of nitrogens with one attached hydrogen (secondary N) is 1. The largest absolute Gasteiger partial charge is 0.505 e. The van der Waals surface area contributed by atoms with Gasteiger partial charge in [0.2, 0.25) is 0 Å². The number of carbonyl (C=O) groups is 1. The van der Waals surface area contributed by atoms with Gasteiger partial charge in [0, 0.05) is 11.8 Å². The maximum atomic E-state index is 12.1. The summed E-state index contributed by atoms with van der Waals surface area (Å²) in [6.07, 6.45) is 0. The molecular weight excluding hydrogens is 324 g/mol. The van der Waals surface area contributed by atoms with Crippen LogP contribution < -0.4 is 15.8 Å². The monoisotopic (exact) mass is 336 g/mol. The summed E-state index contributed by atoms with van der Waals surface area (Å²) >= 11 is 3.18. The van der Waals surface area contributed by atoms with Crippen molar-refractivity contribution in [2.24, 2.45) is 0 Å². The van der Waals surface area contributed by atoms with Crippen molar-refractivity contribution >= 4 is 33.2 Å². The fraction of sp³-hybridized carbons (Fsp3) is 0.0714. The van der Waals surface area contributed by atoms with Gasteiger partial charge in [-0.05, 0) is 40.2 Å². The molecule has 0 spiro atoms. The van der Waals surface area contributed by atoms with Crippen LogP contribution in [0.4, 0.5) is 11.4 Å². The number of nitrogens with two attached hydrogens (primary N) is 1. The highest BCUT2D eigenvalue weighted by Crippen LogP contribution is 2.32. The van der Waals surface area contributed by atoms with E-state index >= 15 is 0 Å². The van der Waals surface area contributed by atoms with E-state index in [4.69, 9.17) is 10.5 Å². The van der Waals surface area contributed by atoms with Crippen LogP contribution in [0.5, 0.6) is 11.5 Å². The summed E-state index contributed by atoms with van der Waals surface area (Å²) in [5.74, 6) is 0.135. The minimum atomic E-state index is -0.404. The Morgan fingerprint density at radius 1 is 1.35 bits per heavy atom. The highest BCUT2D eigenvalue weighted by Gasteiger charge is 2.13. The van der Waals surface area contributed by atoms with Crippen molar-refractivity contribution in [3.05, 3.63) is 46.4 Å². The minimum Gasteiger partial charge on any atom is -0.505 e. The van der Waals surface area contributed by atoms with Crippen LogP contribution in [0.1, 0.15) is 10.4 Å². The lowest BCUT2D eigenvalue weighted by Crippen LogP contribution is -2.14. The normalized spacial score (nSPS) is 10.1. The Morgan fingerprint density at radius 2 is 2.10 bits per heavy atom. The Labute approximate surface area is 124 Å². The Bertz CT molecular complexity index is 659. The van der Waals surface area contributed by atoms with E-state index in [1.165, 1.54) is 7.11 Å². The van der Waals surface area contributed by atoms with Gasteiger partial charge < -0.3 is 20.9 Å². The average molecular weight is 337 g/mol. The Balaban J connectivity index is 2.26. The molecule has 20 heavy (non-hydrogen) atoms. The Kier molecular flexibility index (Phi) is 4.14. The summed E-state index contributed by atoms with van der Waals surface area (Å²) in [5.41, 5.74) is 6.72. The maximum absolute atomic E-state index is 12.1. The van der Waals surface area contributed by atoms with Crippen molar-refractivity contribution in [1.82, 2.24) is 0 Å². The fourth-order valence-electron chi connectivity index (χ4n) is 1.68. The van der Waals surface area contributed by atoms with Crippen LogP contribution in [0, 0.1) is 0 Å². The number of aromatic hydroxyl groups is 1. The molecule has 2 rings (SSSR count). The van der Waals surface area contributed by atoms with Crippen molar-refractivity contribution in [2.45, 2.75) is 0 Å². The van der Waals surface area contributed by atoms with Crippen LogP contribution in [-0.2, 0) is 0 Å². The quantitative estimate of drug-likeness (QED) is 0.594. The van der Waals surface area contributed by atoms with Gasteiger partial charge in [0.25, 0.3) is 5.91 Å². The SMILES string of the molecule is COc1ccc(C(=O)Nc2cccc(Br)c2O)c(N)c1. The first-order chi connectivity index (χ1) is 9.52. The van der Waals surface area contributed by atoms with E-state index in [2.05, 4.69) is 21.2 Å². The molecular formula is C14H13BrN2O3. The second-order valence-corrected chi connectivity index (χ2v) is 4.90. The van der Waals surface area contributed by atoms with Gasteiger partial charge >= 0.3 is 0 Å². The number of benzene rings is 2. The number of methoxy groups -OCH3 is 1. The van der Waals surface area contributed by atoms with Gasteiger partial charge in [0.05, 0.1) is 22.8 Å². The molecule has 4 N–H and O–H groups in total. The molecule has 0 aromatic heterocycles. The molecule has 0 bridgehead atoms. The van der Waals surface area contributed by atoms with Crippen molar-refractivity contribution < 1.29 is 14.6 Å². The van der Waals surface area contributed by atoms with E-state index in [1.807, 2.05) is 0 Å². The number of hydrogen-bond donors (Lipinski definition) is 3. The number of nitrogen functional groups attached to an aromatic ring is 1. The van der Waals surface area contributed by atoms with Crippen LogP contribution in [-0.4, -0.2) is 18.1 Å². The van der Waals surface area contributed by atoms with Gasteiger partial charge in [-0.3, -0.25) is 4.79 Å². The van der Waals surface area contributed by atoms with E-state index in [9.17, 15) is 9.90 Å². The summed E-state index contributed by atoms with van der Waals surface area (Å²) in [5, 5.41) is 12.4. The first kappa shape index (κ1) is 14.2. The molecule has 0 fully saturated rings. The lowest BCUT2D eigenvalue weighted by atomic mass is 10.1. The zero-order chi connectivity index (χ0) is 14.7. The van der Waals surface area contributed by atoms with Crippen LogP contribution in [0.25, 0.3) is 0 Å². The van der Waals surface area contributed by atoms with Crippen molar-refractivity contribution in [1.29, 1.82) is 0 Å². The molecule has 104 valence electrons. The summed E-state index contributed by atoms with van der Waals surface area (Å²) in [4.78, 5) is 12.1. The first-order valence-corrected chi connectivity index (χ1v) is 6.54. The molecule has 0 saturated carbocycles. The first-order valence-electron chi connectivity index (χ1n) is 5.75. The molecule has 2 aromatic carbocycles. The van der Waals surface area contributed by atoms with E-state index < -0.39 is 5.91 Å². The van der Waals surface area contributed by atoms with Gasteiger partial charge in [0.1, 0.15) is 5.75 Å². The lowest BCUT2D eigenvalue weighted by Gasteiger charge is -2.10. The van der Waals surface area contributed by atoms with E-state index in [1.54, 1.807) is 36.4 Å². The number of halogens is 1. The number of carbonyl (C=O) groups excluding carboxylic acids is 1. The molecule has 0 saturated heterocycles. The molecule has 5 nitrogen and oxygen atoms in total. The molecule has 0 heterocycles. The van der Waals surface area contributed by atoms with E-state index in [0.29, 0.717) is 27.2 Å². The van der Waals surface area contributed by atoms with E-state index in [0.717, 1.165) is 0 Å². The van der Waals surface area contributed by atoms with Gasteiger partial charge in [-0.25, -0.2) is 0 Å². The van der Waals surface area contributed by atoms with Crippen LogP contribution >= 0.6 is 15.9 Å². The smallest absolute Gasteiger partial charge is 0.257 e. The highest BCUT2D eigenvalue weighted by molar-refractivity contribution is 9.10. The zero-order valence-electron chi connectivity index (χ0n) is 10.7. The van der Waals surface area contributed by atoms with E-state index in [-0.39, 0.29) is 5.75 Å². The predicted molar refractivity (Wildman–Crippen MR) is 81.2 cm³/mol. The topological polar surface area (TPSA) is 84.6 Å². The number of para-hydroxylation sites is 1. The van der Waals surface area contributed by atoms with Gasteiger partial charge in [-0.15, -0.1) is 0 Å². The molecule has 0 aliphatic heterocycles. The second kappa shape index (κ2) is 5.83. The third-order valence-electron chi connectivity index (χ3n) is 2.74. The molecule has 0 radical (unpaired) electrons. The summed E-state index contributed by atoms with van der Waals surface area (Å²) in [7, 11) is 1.52. The number of ether oxygens (including phenoxy) is 1. The minimum absolute atomic E-state index is 0.0343. The molecule has 1 amide bonds. The summed E-state index contributed by atoms with van der Waals surface area (Å²) in [6.45, 7) is 0. The standard InChI is InChI=1S/C14H13BrN2O3/c1-20-8-5-6-9(11(16)7-8)14(19)17-12-4-2-3-10(15)13(12)18/h2-7,18H,16H2,1H3,(H,17,19). The molecule has 0 aliphatic rings. The molecule has 0 aliphatic carbocycles. The number of phenolic OH excluding ortho intramolecular Hbond substituents is 1. The fourth-order valence-corrected chi connectivity index (χ4v) is 2.05.